The molecule has 2 aromatic rings. The van der Waals surface area contributed by atoms with E-state index in [0.717, 1.165) is 10.6 Å². The lowest BCUT2D eigenvalue weighted by molar-refractivity contribution is 0.0125. The molecule has 1 aromatic heterocycles. The molecule has 0 spiro atoms. The van der Waals surface area contributed by atoms with Crippen LogP contribution in [-0.2, 0) is 4.74 Å². The molecule has 1 saturated heterocycles. The fourth-order valence-corrected chi connectivity index (χ4v) is 3.15. The van der Waals surface area contributed by atoms with Crippen LogP contribution in [0.15, 0.2) is 23.6 Å². The third kappa shape index (κ3) is 3.66. The summed E-state index contributed by atoms with van der Waals surface area (Å²) in [6.45, 7) is 2.60. The van der Waals surface area contributed by atoms with E-state index < -0.39 is 0 Å². The van der Waals surface area contributed by atoms with Gasteiger partial charge in [-0.25, -0.2) is 9.99 Å². The predicted octanol–water partition coefficient (Wildman–Crippen LogP) is 1.80. The van der Waals surface area contributed by atoms with Gasteiger partial charge in [-0.05, 0) is 18.2 Å². The van der Waals surface area contributed by atoms with Crippen molar-refractivity contribution in [3.8, 4) is 22.1 Å². The molecule has 0 atom stereocenters. The normalized spacial score (nSPS) is 15.1. The number of amides is 1. The highest BCUT2D eigenvalue weighted by Gasteiger charge is 2.17. The number of rotatable bonds is 5. The van der Waals surface area contributed by atoms with Gasteiger partial charge in [-0.15, -0.1) is 11.3 Å². The molecule has 7 nitrogen and oxygen atoms in total. The molecule has 1 N–H and O–H groups in total. The highest BCUT2D eigenvalue weighted by molar-refractivity contribution is 7.13. The zero-order chi connectivity index (χ0) is 16.9. The van der Waals surface area contributed by atoms with Crippen LogP contribution in [-0.4, -0.2) is 56.4 Å². The molecule has 1 fully saturated rings. The van der Waals surface area contributed by atoms with Crippen LogP contribution < -0.4 is 14.9 Å². The molecule has 0 radical (unpaired) electrons. The number of aromatic nitrogens is 1. The maximum absolute atomic E-state index is 12.3. The van der Waals surface area contributed by atoms with Crippen LogP contribution in [0.2, 0.25) is 0 Å². The van der Waals surface area contributed by atoms with E-state index >= 15 is 0 Å². The van der Waals surface area contributed by atoms with E-state index in [1.165, 1.54) is 11.3 Å². The smallest absolute Gasteiger partial charge is 0.285 e. The van der Waals surface area contributed by atoms with Gasteiger partial charge in [-0.3, -0.25) is 10.2 Å². The number of morpholine rings is 1. The van der Waals surface area contributed by atoms with Crippen molar-refractivity contribution >= 4 is 17.2 Å². The summed E-state index contributed by atoms with van der Waals surface area (Å²) in [6.07, 6.45) is 0. The third-order valence-electron chi connectivity index (χ3n) is 3.64. The van der Waals surface area contributed by atoms with Gasteiger partial charge in [0, 0.05) is 24.0 Å². The number of hydrazine groups is 1. The topological polar surface area (TPSA) is 72.9 Å². The highest BCUT2D eigenvalue weighted by atomic mass is 32.1. The van der Waals surface area contributed by atoms with Crippen molar-refractivity contribution in [2.45, 2.75) is 0 Å². The number of benzene rings is 1. The molecule has 1 amide bonds. The van der Waals surface area contributed by atoms with Gasteiger partial charge in [0.25, 0.3) is 5.91 Å². The summed E-state index contributed by atoms with van der Waals surface area (Å²) in [7, 11) is 3.18. The van der Waals surface area contributed by atoms with Crippen LogP contribution in [0.4, 0.5) is 0 Å². The Bertz CT molecular complexity index is 713. The van der Waals surface area contributed by atoms with Crippen LogP contribution >= 0.6 is 11.3 Å². The predicted molar refractivity (Wildman–Crippen MR) is 90.5 cm³/mol. The van der Waals surface area contributed by atoms with Gasteiger partial charge in [-0.2, -0.15) is 0 Å². The van der Waals surface area contributed by atoms with Crippen LogP contribution in [0.5, 0.6) is 11.5 Å². The maximum atomic E-state index is 12.3. The lowest BCUT2D eigenvalue weighted by atomic mass is 10.2. The van der Waals surface area contributed by atoms with E-state index in [9.17, 15) is 4.79 Å². The first-order valence-corrected chi connectivity index (χ1v) is 8.41. The monoisotopic (exact) mass is 349 g/mol. The molecule has 0 aliphatic carbocycles. The zero-order valence-corrected chi connectivity index (χ0v) is 14.4. The molecule has 0 bridgehead atoms. The van der Waals surface area contributed by atoms with Crippen molar-refractivity contribution in [2.24, 2.45) is 0 Å². The maximum Gasteiger partial charge on any atom is 0.285 e. The molecule has 24 heavy (non-hydrogen) atoms. The van der Waals surface area contributed by atoms with E-state index in [0.29, 0.717) is 43.5 Å². The summed E-state index contributed by atoms with van der Waals surface area (Å²) in [4.78, 5) is 16.7. The van der Waals surface area contributed by atoms with Crippen LogP contribution in [0.1, 0.15) is 10.5 Å². The summed E-state index contributed by atoms with van der Waals surface area (Å²) < 4.78 is 15.8. The quantitative estimate of drug-likeness (QED) is 0.887. The van der Waals surface area contributed by atoms with Crippen LogP contribution in [0.25, 0.3) is 10.6 Å². The van der Waals surface area contributed by atoms with E-state index in [1.54, 1.807) is 19.6 Å². The largest absolute Gasteiger partial charge is 0.493 e. The fourth-order valence-electron chi connectivity index (χ4n) is 2.36. The highest BCUT2D eigenvalue weighted by Crippen LogP contribution is 2.33. The summed E-state index contributed by atoms with van der Waals surface area (Å²) >= 11 is 1.41. The van der Waals surface area contributed by atoms with Crippen molar-refractivity contribution < 1.29 is 19.0 Å². The Morgan fingerprint density at radius 3 is 2.71 bits per heavy atom. The number of ether oxygens (including phenoxy) is 3. The minimum atomic E-state index is -0.208. The number of carbonyl (C=O) groups is 1. The molecular weight excluding hydrogens is 330 g/mol. The van der Waals surface area contributed by atoms with Crippen molar-refractivity contribution in [3.05, 3.63) is 29.3 Å². The first kappa shape index (κ1) is 16.7. The molecule has 0 unspecified atom stereocenters. The second-order valence-electron chi connectivity index (χ2n) is 5.15. The Hall–Kier alpha value is -2.16. The van der Waals surface area contributed by atoms with Gasteiger partial charge >= 0.3 is 0 Å². The number of carbonyl (C=O) groups excluding carboxylic acids is 1. The lowest BCUT2D eigenvalue weighted by Gasteiger charge is -2.26. The summed E-state index contributed by atoms with van der Waals surface area (Å²) in [6, 6.07) is 5.56. The first-order chi connectivity index (χ1) is 11.7. The van der Waals surface area contributed by atoms with Crippen molar-refractivity contribution in [1.29, 1.82) is 0 Å². The second kappa shape index (κ2) is 7.61. The molecule has 1 aliphatic heterocycles. The molecule has 8 heteroatoms. The van der Waals surface area contributed by atoms with Crippen LogP contribution in [0, 0.1) is 0 Å². The number of hydrogen-bond donors (Lipinski definition) is 1. The van der Waals surface area contributed by atoms with Gasteiger partial charge in [0.1, 0.15) is 10.7 Å². The minimum Gasteiger partial charge on any atom is -0.493 e. The molecule has 0 saturated carbocycles. The van der Waals surface area contributed by atoms with E-state index in [2.05, 4.69) is 10.4 Å². The van der Waals surface area contributed by atoms with E-state index in [4.69, 9.17) is 14.2 Å². The van der Waals surface area contributed by atoms with E-state index in [1.807, 2.05) is 23.2 Å². The van der Waals surface area contributed by atoms with E-state index in [-0.39, 0.29) is 5.91 Å². The average Bonchev–Trinajstić information content (AvgIpc) is 3.12. The molecule has 128 valence electrons. The summed E-state index contributed by atoms with van der Waals surface area (Å²) in [5, 5.41) is 4.35. The minimum absolute atomic E-state index is 0.208. The Balaban J connectivity index is 1.74. The second-order valence-corrected chi connectivity index (χ2v) is 6.01. The Morgan fingerprint density at radius 1 is 1.25 bits per heavy atom. The Kier molecular flexibility index (Phi) is 5.29. The van der Waals surface area contributed by atoms with Gasteiger partial charge in [0.05, 0.1) is 27.4 Å². The molecular formula is C16H19N3O4S. The Morgan fingerprint density at radius 2 is 2.00 bits per heavy atom. The van der Waals surface area contributed by atoms with Crippen molar-refractivity contribution in [1.82, 2.24) is 15.4 Å². The number of nitrogens with zero attached hydrogens (tertiary/aromatic N) is 2. The van der Waals surface area contributed by atoms with Gasteiger partial charge in [0.15, 0.2) is 11.5 Å². The number of thiazole rings is 1. The van der Waals surface area contributed by atoms with Gasteiger partial charge in [-0.1, -0.05) is 0 Å². The molecule has 3 rings (SSSR count). The standard InChI is InChI=1S/C16H19N3O4S/c1-21-13-4-3-11(9-14(13)22-2)16-17-12(10-24-16)15(20)18-19-5-7-23-8-6-19/h3-4,9-10H,5-8H2,1-2H3,(H,18,20). The van der Waals surface area contributed by atoms with Crippen molar-refractivity contribution in [2.75, 3.05) is 40.5 Å². The van der Waals surface area contributed by atoms with Crippen molar-refractivity contribution in [3.63, 3.8) is 0 Å². The third-order valence-corrected chi connectivity index (χ3v) is 4.53. The molecule has 2 heterocycles. The fraction of sp³-hybridized carbons (Fsp3) is 0.375. The molecule has 1 aliphatic rings. The Labute approximate surface area is 144 Å². The number of nitrogens with one attached hydrogen (secondary N) is 1. The summed E-state index contributed by atoms with van der Waals surface area (Å²) in [5.41, 5.74) is 4.13. The first-order valence-electron chi connectivity index (χ1n) is 7.53. The van der Waals surface area contributed by atoms with Crippen LogP contribution in [0.3, 0.4) is 0 Å². The average molecular weight is 349 g/mol. The zero-order valence-electron chi connectivity index (χ0n) is 13.6. The lowest BCUT2D eigenvalue weighted by Crippen LogP contribution is -2.48. The number of methoxy groups -OCH3 is 2. The SMILES string of the molecule is COc1ccc(-c2nc(C(=O)NN3CCOCC3)cs2)cc1OC. The molecule has 1 aromatic carbocycles. The van der Waals surface area contributed by atoms with Gasteiger partial charge < -0.3 is 14.2 Å². The summed E-state index contributed by atoms with van der Waals surface area (Å²) in [5.74, 6) is 1.08. The number of hydrogen-bond acceptors (Lipinski definition) is 7. The van der Waals surface area contributed by atoms with Gasteiger partial charge in [0.2, 0.25) is 0 Å².